The lowest BCUT2D eigenvalue weighted by atomic mass is 9.96. The van der Waals surface area contributed by atoms with Crippen LogP contribution in [-0.2, 0) is 4.79 Å². The van der Waals surface area contributed by atoms with Crippen LogP contribution in [0.3, 0.4) is 0 Å². The zero-order valence-electron chi connectivity index (χ0n) is 15.1. The Morgan fingerprint density at radius 1 is 1.11 bits per heavy atom. The average Bonchev–Trinajstić information content (AvgIpc) is 3.30. The Morgan fingerprint density at radius 3 is 2.71 bits per heavy atom. The minimum Gasteiger partial charge on any atom is -0.423 e. The number of nitrogens with zero attached hydrogens (tertiary/aromatic N) is 2. The highest BCUT2D eigenvalue weighted by Crippen LogP contribution is 2.27. The minimum absolute atomic E-state index is 0.00514. The lowest BCUT2D eigenvalue weighted by molar-refractivity contribution is -0.120. The molecule has 0 spiro atoms. The summed E-state index contributed by atoms with van der Waals surface area (Å²) in [4.78, 5) is 36.0. The molecule has 0 atom stereocenters. The molecule has 3 heterocycles. The summed E-state index contributed by atoms with van der Waals surface area (Å²) in [5, 5.41) is 2.96. The number of amides is 1. The van der Waals surface area contributed by atoms with Gasteiger partial charge in [-0.1, -0.05) is 12.1 Å². The normalized spacial score (nSPS) is 15.4. The predicted octanol–water partition coefficient (Wildman–Crippen LogP) is 2.85. The number of fused-ring (bicyclic) bond motifs is 2. The van der Waals surface area contributed by atoms with Crippen LogP contribution in [0.5, 0.6) is 0 Å². The Kier molecular flexibility index (Phi) is 3.89. The largest absolute Gasteiger partial charge is 0.423 e. The number of carbonyl (C=O) groups excluding carboxylic acids is 1. The van der Waals surface area contributed by atoms with Gasteiger partial charge in [0.15, 0.2) is 5.58 Å². The highest BCUT2D eigenvalue weighted by atomic mass is 16.4. The molecular formula is C20H19N5O3. The number of hydrogen-bond donors (Lipinski definition) is 3. The highest BCUT2D eigenvalue weighted by molar-refractivity contribution is 5.94. The van der Waals surface area contributed by atoms with E-state index in [1.165, 1.54) is 0 Å². The Balaban J connectivity index is 1.24. The van der Waals surface area contributed by atoms with Crippen molar-refractivity contribution in [2.24, 2.45) is 5.92 Å². The molecule has 28 heavy (non-hydrogen) atoms. The molecule has 1 aliphatic heterocycles. The van der Waals surface area contributed by atoms with Crippen molar-refractivity contribution in [3.63, 3.8) is 0 Å². The lowest BCUT2D eigenvalue weighted by Gasteiger charge is -2.30. The topological polar surface area (TPSA) is 107 Å². The number of anilines is 2. The van der Waals surface area contributed by atoms with Crippen LogP contribution in [0.2, 0.25) is 0 Å². The number of aromatic nitrogens is 3. The van der Waals surface area contributed by atoms with Gasteiger partial charge >= 0.3 is 5.69 Å². The number of piperidine rings is 1. The maximum absolute atomic E-state index is 12.6. The van der Waals surface area contributed by atoms with E-state index in [1.54, 1.807) is 18.2 Å². The Bertz CT molecular complexity index is 1180. The number of nitrogens with one attached hydrogen (secondary N) is 3. The van der Waals surface area contributed by atoms with E-state index < -0.39 is 0 Å². The third kappa shape index (κ3) is 3.02. The fraction of sp³-hybridized carbons (Fsp3) is 0.250. The van der Waals surface area contributed by atoms with Gasteiger partial charge < -0.3 is 24.6 Å². The first-order valence-corrected chi connectivity index (χ1v) is 9.29. The van der Waals surface area contributed by atoms with Crippen LogP contribution in [0.25, 0.3) is 22.1 Å². The summed E-state index contributed by atoms with van der Waals surface area (Å²) in [6, 6.07) is 13.6. The minimum atomic E-state index is -0.259. The van der Waals surface area contributed by atoms with Crippen LogP contribution in [0.1, 0.15) is 12.8 Å². The first-order valence-electron chi connectivity index (χ1n) is 9.29. The van der Waals surface area contributed by atoms with Gasteiger partial charge in [0.25, 0.3) is 6.01 Å². The van der Waals surface area contributed by atoms with E-state index in [9.17, 15) is 9.59 Å². The molecule has 0 saturated carbocycles. The third-order valence-electron chi connectivity index (χ3n) is 5.20. The summed E-state index contributed by atoms with van der Waals surface area (Å²) in [5.41, 5.74) is 3.42. The van der Waals surface area contributed by atoms with Crippen molar-refractivity contribution in [3.8, 4) is 0 Å². The Labute approximate surface area is 159 Å². The number of oxazole rings is 1. The lowest BCUT2D eigenvalue weighted by Crippen LogP contribution is -2.38. The molecule has 3 N–H and O–H groups in total. The molecule has 0 unspecified atom stereocenters. The fourth-order valence-corrected chi connectivity index (χ4v) is 3.68. The van der Waals surface area contributed by atoms with Crippen LogP contribution in [-0.4, -0.2) is 33.9 Å². The summed E-state index contributed by atoms with van der Waals surface area (Å²) in [7, 11) is 0. The van der Waals surface area contributed by atoms with E-state index >= 15 is 0 Å². The van der Waals surface area contributed by atoms with Crippen molar-refractivity contribution in [3.05, 3.63) is 52.9 Å². The van der Waals surface area contributed by atoms with Crippen molar-refractivity contribution in [1.29, 1.82) is 0 Å². The molecule has 2 aromatic carbocycles. The van der Waals surface area contributed by atoms with E-state index in [1.807, 2.05) is 24.3 Å². The number of benzene rings is 2. The molecule has 0 radical (unpaired) electrons. The molecule has 8 heteroatoms. The summed E-state index contributed by atoms with van der Waals surface area (Å²) < 4.78 is 5.82. The highest BCUT2D eigenvalue weighted by Gasteiger charge is 2.27. The van der Waals surface area contributed by atoms with Gasteiger partial charge in [-0.25, -0.2) is 4.79 Å². The molecule has 1 aliphatic rings. The van der Waals surface area contributed by atoms with E-state index in [0.717, 1.165) is 42.5 Å². The molecule has 1 saturated heterocycles. The average molecular weight is 377 g/mol. The molecule has 2 aromatic heterocycles. The number of rotatable bonds is 3. The van der Waals surface area contributed by atoms with Gasteiger partial charge in [0.1, 0.15) is 5.52 Å². The first kappa shape index (κ1) is 16.6. The predicted molar refractivity (Wildman–Crippen MR) is 106 cm³/mol. The van der Waals surface area contributed by atoms with Gasteiger partial charge in [0.05, 0.1) is 11.0 Å². The molecule has 5 rings (SSSR count). The van der Waals surface area contributed by atoms with Crippen molar-refractivity contribution in [2.45, 2.75) is 12.8 Å². The van der Waals surface area contributed by atoms with Crippen molar-refractivity contribution < 1.29 is 9.21 Å². The molecule has 0 bridgehead atoms. The van der Waals surface area contributed by atoms with Crippen LogP contribution >= 0.6 is 0 Å². The fourth-order valence-electron chi connectivity index (χ4n) is 3.68. The van der Waals surface area contributed by atoms with Crippen molar-refractivity contribution in [2.75, 3.05) is 23.3 Å². The van der Waals surface area contributed by atoms with Crippen LogP contribution in [0.15, 0.2) is 51.7 Å². The number of hydrogen-bond acceptors (Lipinski definition) is 5. The number of carbonyl (C=O) groups is 1. The molecule has 0 aliphatic carbocycles. The van der Waals surface area contributed by atoms with Crippen molar-refractivity contribution >= 4 is 39.7 Å². The van der Waals surface area contributed by atoms with Crippen LogP contribution in [0, 0.1) is 5.92 Å². The van der Waals surface area contributed by atoms with Gasteiger partial charge in [-0.2, -0.15) is 4.98 Å². The van der Waals surface area contributed by atoms with E-state index in [4.69, 9.17) is 4.42 Å². The summed E-state index contributed by atoms with van der Waals surface area (Å²) in [6.45, 7) is 1.43. The molecule has 1 fully saturated rings. The second kappa shape index (κ2) is 6.56. The number of para-hydroxylation sites is 2. The van der Waals surface area contributed by atoms with E-state index in [-0.39, 0.29) is 17.5 Å². The van der Waals surface area contributed by atoms with E-state index in [2.05, 4.69) is 25.2 Å². The number of H-pyrrole nitrogens is 2. The quantitative estimate of drug-likeness (QED) is 0.509. The second-order valence-electron chi connectivity index (χ2n) is 7.05. The maximum Gasteiger partial charge on any atom is 0.323 e. The summed E-state index contributed by atoms with van der Waals surface area (Å²) >= 11 is 0. The Morgan fingerprint density at radius 2 is 1.89 bits per heavy atom. The Hall–Kier alpha value is -3.55. The zero-order chi connectivity index (χ0) is 19.1. The zero-order valence-corrected chi connectivity index (χ0v) is 15.1. The molecular weight excluding hydrogens is 358 g/mol. The number of aromatic amines is 2. The monoisotopic (exact) mass is 377 g/mol. The van der Waals surface area contributed by atoms with Crippen LogP contribution in [0.4, 0.5) is 11.7 Å². The summed E-state index contributed by atoms with van der Waals surface area (Å²) in [5.74, 6) is -0.0731. The molecule has 4 aromatic rings. The standard InChI is InChI=1S/C20H19N5O3/c26-18(21-13-5-6-14-16(11-13)23-19(27)22-14)12-7-9-25(10-8-12)20-24-15-3-1-2-4-17(15)28-20/h1-6,11-12H,7-10H2,(H,21,26)(H2,22,23,27). The summed E-state index contributed by atoms with van der Waals surface area (Å²) in [6.07, 6.45) is 1.46. The van der Waals surface area contributed by atoms with Gasteiger partial charge in [-0.05, 0) is 43.2 Å². The number of imidazole rings is 1. The SMILES string of the molecule is O=C(Nc1ccc2[nH]c(=O)[nH]c2c1)C1CCN(c2nc3ccccc3o2)CC1. The molecule has 142 valence electrons. The maximum atomic E-state index is 12.6. The van der Waals surface area contributed by atoms with Crippen LogP contribution < -0.4 is 15.9 Å². The smallest absolute Gasteiger partial charge is 0.323 e. The molecule has 8 nitrogen and oxygen atoms in total. The first-order chi connectivity index (χ1) is 13.7. The van der Waals surface area contributed by atoms with Gasteiger partial charge in [0.2, 0.25) is 5.91 Å². The van der Waals surface area contributed by atoms with E-state index in [0.29, 0.717) is 17.2 Å². The van der Waals surface area contributed by atoms with Crippen molar-refractivity contribution in [1.82, 2.24) is 15.0 Å². The van der Waals surface area contributed by atoms with Gasteiger partial charge in [-0.3, -0.25) is 4.79 Å². The second-order valence-corrected chi connectivity index (χ2v) is 7.05. The van der Waals surface area contributed by atoms with Gasteiger partial charge in [0, 0.05) is 24.7 Å². The third-order valence-corrected chi connectivity index (χ3v) is 5.20. The molecule has 1 amide bonds. The van der Waals surface area contributed by atoms with Gasteiger partial charge in [-0.15, -0.1) is 0 Å².